The van der Waals surface area contributed by atoms with Gasteiger partial charge in [0.05, 0.1) is 11.4 Å². The standard InChI is InChI=1S/C42H45N/c1-40(2)20-21-41(3,4)39-35(40)17-11-19-37(39)43(31-12-6-5-7-13-31)36-18-10-16-34-38(36)32-14-8-9-15-33(32)42(34)29-23-27-22-28(25-29)26-30(42)24-27/h5-19,27-30H,20-26H2,1-4H3. The lowest BCUT2D eigenvalue weighted by Gasteiger charge is -2.61. The minimum absolute atomic E-state index is 0.104. The van der Waals surface area contributed by atoms with Crippen LogP contribution in [0.1, 0.15) is 94.9 Å². The highest BCUT2D eigenvalue weighted by Gasteiger charge is 2.62. The van der Waals surface area contributed by atoms with Gasteiger partial charge in [0.15, 0.2) is 0 Å². The Hall–Kier alpha value is -3.32. The highest BCUT2D eigenvalue weighted by atomic mass is 15.1. The van der Waals surface area contributed by atoms with E-state index in [4.69, 9.17) is 0 Å². The summed E-state index contributed by atoms with van der Waals surface area (Å²) in [6, 6.07) is 35.3. The average Bonchev–Trinajstić information content (AvgIpc) is 3.30. The van der Waals surface area contributed by atoms with Crippen LogP contribution in [0.2, 0.25) is 0 Å². The Balaban J connectivity index is 1.34. The van der Waals surface area contributed by atoms with Crippen LogP contribution in [0.4, 0.5) is 17.1 Å². The molecule has 0 amide bonds. The predicted octanol–water partition coefficient (Wildman–Crippen LogP) is 11.2. The predicted molar refractivity (Wildman–Crippen MR) is 180 cm³/mol. The Morgan fingerprint density at radius 1 is 0.535 bits per heavy atom. The van der Waals surface area contributed by atoms with E-state index in [1.807, 2.05) is 0 Å². The number of anilines is 3. The van der Waals surface area contributed by atoms with Gasteiger partial charge in [0.25, 0.3) is 0 Å². The normalized spacial score (nSPS) is 30.1. The SMILES string of the molecule is CC1(C)CCC(C)(C)c2c(N(c3ccccc3)c3cccc4c3-c3ccccc3C43C4CC5CC(C4)CC3C5)cccc21. The lowest BCUT2D eigenvalue weighted by molar-refractivity contribution is -0.0399. The second kappa shape index (κ2) is 8.87. The zero-order valence-corrected chi connectivity index (χ0v) is 26.4. The molecule has 10 rings (SSSR count). The second-order valence-electron chi connectivity index (χ2n) is 16.1. The number of nitrogens with zero attached hydrogens (tertiary/aromatic N) is 1. The van der Waals surface area contributed by atoms with Gasteiger partial charge < -0.3 is 4.90 Å². The molecule has 4 aromatic carbocycles. The number of rotatable bonds is 3. The maximum atomic E-state index is 2.65. The fourth-order valence-corrected chi connectivity index (χ4v) is 11.2. The van der Waals surface area contributed by atoms with Gasteiger partial charge in [0.2, 0.25) is 0 Å². The molecule has 43 heavy (non-hydrogen) atoms. The molecular weight excluding hydrogens is 518 g/mol. The highest BCUT2D eigenvalue weighted by Crippen LogP contribution is 2.70. The first kappa shape index (κ1) is 26.1. The first-order valence-corrected chi connectivity index (χ1v) is 17.0. The minimum Gasteiger partial charge on any atom is -0.310 e. The summed E-state index contributed by atoms with van der Waals surface area (Å²) < 4.78 is 0. The van der Waals surface area contributed by atoms with Gasteiger partial charge in [-0.05, 0) is 132 Å². The molecule has 1 heteroatoms. The molecule has 218 valence electrons. The third-order valence-electron chi connectivity index (χ3n) is 12.9. The zero-order valence-electron chi connectivity index (χ0n) is 26.4. The van der Waals surface area contributed by atoms with Crippen LogP contribution in [0.3, 0.4) is 0 Å². The molecule has 4 fully saturated rings. The van der Waals surface area contributed by atoms with Crippen LogP contribution in [0.25, 0.3) is 11.1 Å². The molecule has 0 unspecified atom stereocenters. The summed E-state index contributed by atoms with van der Waals surface area (Å²) in [6.07, 6.45) is 9.60. The maximum Gasteiger partial charge on any atom is 0.0543 e. The van der Waals surface area contributed by atoms with E-state index in [1.54, 1.807) is 11.1 Å². The van der Waals surface area contributed by atoms with Crippen molar-refractivity contribution in [3.8, 4) is 11.1 Å². The Morgan fingerprint density at radius 3 is 1.84 bits per heavy atom. The van der Waals surface area contributed by atoms with Gasteiger partial charge in [-0.1, -0.05) is 94.4 Å². The van der Waals surface area contributed by atoms with Crippen molar-refractivity contribution in [2.24, 2.45) is 23.7 Å². The molecule has 0 saturated heterocycles. The summed E-state index contributed by atoms with van der Waals surface area (Å²) in [5, 5.41) is 0. The molecular formula is C42H45N. The van der Waals surface area contributed by atoms with Crippen molar-refractivity contribution in [2.75, 3.05) is 4.90 Å². The average molecular weight is 564 g/mol. The summed E-state index contributed by atoms with van der Waals surface area (Å²) in [6.45, 7) is 9.85. The summed E-state index contributed by atoms with van der Waals surface area (Å²) >= 11 is 0. The molecule has 0 heterocycles. The maximum absolute atomic E-state index is 2.65. The molecule has 0 radical (unpaired) electrons. The van der Waals surface area contributed by atoms with Crippen molar-refractivity contribution >= 4 is 17.1 Å². The van der Waals surface area contributed by atoms with Crippen molar-refractivity contribution in [3.63, 3.8) is 0 Å². The number of fused-ring (bicyclic) bond motifs is 4. The van der Waals surface area contributed by atoms with Gasteiger partial charge in [-0.3, -0.25) is 0 Å². The Morgan fingerprint density at radius 2 is 1.12 bits per heavy atom. The van der Waals surface area contributed by atoms with Crippen molar-refractivity contribution in [3.05, 3.63) is 113 Å². The molecule has 0 aromatic heterocycles. The number of hydrogen-bond acceptors (Lipinski definition) is 1. The van der Waals surface area contributed by atoms with Gasteiger partial charge in [-0.2, -0.15) is 0 Å². The highest BCUT2D eigenvalue weighted by molar-refractivity contribution is 5.96. The van der Waals surface area contributed by atoms with E-state index in [-0.39, 0.29) is 16.2 Å². The monoisotopic (exact) mass is 563 g/mol. The number of para-hydroxylation sites is 1. The first-order chi connectivity index (χ1) is 20.8. The Labute approximate surface area is 258 Å². The number of hydrogen-bond donors (Lipinski definition) is 0. The second-order valence-corrected chi connectivity index (χ2v) is 16.1. The molecule has 6 aliphatic carbocycles. The fraction of sp³-hybridized carbons (Fsp3) is 0.429. The Kier molecular flexibility index (Phi) is 5.39. The quantitative estimate of drug-likeness (QED) is 0.240. The molecule has 1 nitrogen and oxygen atoms in total. The lowest BCUT2D eigenvalue weighted by Crippen LogP contribution is -2.55. The van der Waals surface area contributed by atoms with Crippen LogP contribution in [0.15, 0.2) is 91.0 Å². The largest absolute Gasteiger partial charge is 0.310 e. The van der Waals surface area contributed by atoms with E-state index < -0.39 is 0 Å². The molecule has 0 N–H and O–H groups in total. The van der Waals surface area contributed by atoms with Crippen molar-refractivity contribution in [2.45, 2.75) is 88.9 Å². The summed E-state index contributed by atoms with van der Waals surface area (Å²) in [5.41, 5.74) is 13.7. The third-order valence-corrected chi connectivity index (χ3v) is 12.9. The van der Waals surface area contributed by atoms with E-state index in [9.17, 15) is 0 Å². The van der Waals surface area contributed by atoms with E-state index >= 15 is 0 Å². The van der Waals surface area contributed by atoms with E-state index in [0.29, 0.717) is 0 Å². The first-order valence-electron chi connectivity index (χ1n) is 17.0. The molecule has 0 aliphatic heterocycles. The van der Waals surface area contributed by atoms with Crippen LogP contribution < -0.4 is 4.90 Å². The van der Waals surface area contributed by atoms with Crippen LogP contribution in [-0.4, -0.2) is 0 Å². The van der Waals surface area contributed by atoms with Crippen molar-refractivity contribution < 1.29 is 0 Å². The number of benzene rings is 4. The van der Waals surface area contributed by atoms with Gasteiger partial charge in [-0.25, -0.2) is 0 Å². The molecule has 4 bridgehead atoms. The summed E-state index contributed by atoms with van der Waals surface area (Å²) in [5.74, 6) is 3.45. The zero-order chi connectivity index (χ0) is 29.1. The van der Waals surface area contributed by atoms with Crippen LogP contribution in [-0.2, 0) is 16.2 Å². The topological polar surface area (TPSA) is 3.24 Å². The van der Waals surface area contributed by atoms with Crippen LogP contribution >= 0.6 is 0 Å². The lowest BCUT2D eigenvalue weighted by atomic mass is 9.43. The molecule has 0 atom stereocenters. The third kappa shape index (κ3) is 3.46. The van der Waals surface area contributed by atoms with E-state index in [2.05, 4.69) is 124 Å². The van der Waals surface area contributed by atoms with Gasteiger partial charge >= 0.3 is 0 Å². The van der Waals surface area contributed by atoms with Gasteiger partial charge in [-0.15, -0.1) is 0 Å². The molecule has 4 saturated carbocycles. The molecule has 6 aliphatic rings. The van der Waals surface area contributed by atoms with Crippen LogP contribution in [0.5, 0.6) is 0 Å². The summed E-state index contributed by atoms with van der Waals surface area (Å²) in [7, 11) is 0. The minimum atomic E-state index is 0.104. The van der Waals surface area contributed by atoms with E-state index in [0.717, 1.165) is 23.7 Å². The molecule has 1 spiro atoms. The van der Waals surface area contributed by atoms with Crippen LogP contribution in [0, 0.1) is 23.7 Å². The Bertz CT molecular complexity index is 1710. The van der Waals surface area contributed by atoms with Gasteiger partial charge in [0, 0.05) is 16.7 Å². The molecule has 4 aromatic rings. The smallest absolute Gasteiger partial charge is 0.0543 e. The van der Waals surface area contributed by atoms with Crippen molar-refractivity contribution in [1.29, 1.82) is 0 Å². The fourth-order valence-electron chi connectivity index (χ4n) is 11.2. The van der Waals surface area contributed by atoms with Gasteiger partial charge in [0.1, 0.15) is 0 Å². The van der Waals surface area contributed by atoms with E-state index in [1.165, 1.54) is 84.3 Å². The van der Waals surface area contributed by atoms with Crippen molar-refractivity contribution in [1.82, 2.24) is 0 Å². The summed E-state index contributed by atoms with van der Waals surface area (Å²) in [4.78, 5) is 2.65.